The average molecular weight is 220 g/mol. The summed E-state index contributed by atoms with van der Waals surface area (Å²) >= 11 is 0. The van der Waals surface area contributed by atoms with Gasteiger partial charge in [-0.25, -0.2) is 0 Å². The van der Waals surface area contributed by atoms with Gasteiger partial charge in [0.25, 0.3) is 0 Å². The molecule has 1 aliphatic rings. The Labute approximate surface area is 97.4 Å². The molecule has 1 aromatic rings. The summed E-state index contributed by atoms with van der Waals surface area (Å²) in [7, 11) is 0. The Kier molecular flexibility index (Phi) is 3.91. The van der Waals surface area contributed by atoms with Crippen LogP contribution in [0.1, 0.15) is 19.4 Å². The zero-order valence-corrected chi connectivity index (χ0v) is 10.1. The van der Waals surface area contributed by atoms with Crippen molar-refractivity contribution in [2.75, 3.05) is 19.7 Å². The number of hydrogen-bond donors (Lipinski definition) is 0. The first-order chi connectivity index (χ1) is 7.75. The summed E-state index contributed by atoms with van der Waals surface area (Å²) in [4.78, 5) is 6.54. The van der Waals surface area contributed by atoms with Crippen LogP contribution in [0.2, 0.25) is 0 Å². The van der Waals surface area contributed by atoms with Gasteiger partial charge in [0.05, 0.1) is 12.7 Å². The van der Waals surface area contributed by atoms with Crippen molar-refractivity contribution in [3.05, 3.63) is 30.1 Å². The number of pyridine rings is 1. The van der Waals surface area contributed by atoms with Gasteiger partial charge in [-0.15, -0.1) is 0 Å². The highest BCUT2D eigenvalue weighted by Gasteiger charge is 2.22. The molecule has 16 heavy (non-hydrogen) atoms. The SMILES string of the molecule is CC1CN(CCc2ccncc2)C(C)CO1. The van der Waals surface area contributed by atoms with E-state index in [0.717, 1.165) is 26.1 Å². The minimum absolute atomic E-state index is 0.369. The van der Waals surface area contributed by atoms with Crippen LogP contribution in [-0.2, 0) is 11.2 Å². The van der Waals surface area contributed by atoms with Gasteiger partial charge in [-0.3, -0.25) is 9.88 Å². The van der Waals surface area contributed by atoms with Gasteiger partial charge < -0.3 is 4.74 Å². The highest BCUT2D eigenvalue weighted by Crippen LogP contribution is 2.12. The quantitative estimate of drug-likeness (QED) is 0.775. The number of nitrogens with zero attached hydrogens (tertiary/aromatic N) is 2. The van der Waals surface area contributed by atoms with Gasteiger partial charge in [-0.1, -0.05) is 0 Å². The van der Waals surface area contributed by atoms with Crippen LogP contribution in [0.25, 0.3) is 0 Å². The molecule has 0 bridgehead atoms. The third kappa shape index (κ3) is 3.03. The van der Waals surface area contributed by atoms with Crippen molar-refractivity contribution in [1.82, 2.24) is 9.88 Å². The molecular formula is C13H20N2O. The monoisotopic (exact) mass is 220 g/mol. The molecule has 0 saturated carbocycles. The predicted molar refractivity (Wildman–Crippen MR) is 64.4 cm³/mol. The van der Waals surface area contributed by atoms with Crippen molar-refractivity contribution in [3.63, 3.8) is 0 Å². The van der Waals surface area contributed by atoms with E-state index in [4.69, 9.17) is 4.74 Å². The van der Waals surface area contributed by atoms with Crippen LogP contribution >= 0.6 is 0 Å². The molecule has 0 N–H and O–H groups in total. The number of morpholine rings is 1. The van der Waals surface area contributed by atoms with Gasteiger partial charge >= 0.3 is 0 Å². The Morgan fingerprint density at radius 1 is 1.38 bits per heavy atom. The second-order valence-electron chi connectivity index (χ2n) is 4.59. The summed E-state index contributed by atoms with van der Waals surface area (Å²) in [6, 6.07) is 4.72. The van der Waals surface area contributed by atoms with E-state index in [-0.39, 0.29) is 0 Å². The highest BCUT2D eigenvalue weighted by molar-refractivity contribution is 5.10. The maximum Gasteiger partial charge on any atom is 0.0674 e. The maximum atomic E-state index is 5.62. The van der Waals surface area contributed by atoms with E-state index >= 15 is 0 Å². The first kappa shape index (κ1) is 11.6. The molecule has 2 atom stereocenters. The number of aromatic nitrogens is 1. The molecule has 1 aliphatic heterocycles. The Morgan fingerprint density at radius 3 is 2.88 bits per heavy atom. The lowest BCUT2D eigenvalue weighted by molar-refractivity contribution is -0.0487. The van der Waals surface area contributed by atoms with E-state index in [0.29, 0.717) is 12.1 Å². The molecule has 1 aromatic heterocycles. The zero-order chi connectivity index (χ0) is 11.4. The molecule has 88 valence electrons. The van der Waals surface area contributed by atoms with Crippen molar-refractivity contribution in [3.8, 4) is 0 Å². The Hall–Kier alpha value is -0.930. The third-order valence-corrected chi connectivity index (χ3v) is 3.17. The number of ether oxygens (including phenoxy) is 1. The van der Waals surface area contributed by atoms with Crippen LogP contribution in [0.15, 0.2) is 24.5 Å². The second kappa shape index (κ2) is 5.41. The van der Waals surface area contributed by atoms with E-state index in [1.807, 2.05) is 12.4 Å². The van der Waals surface area contributed by atoms with E-state index in [1.54, 1.807) is 0 Å². The standard InChI is InChI=1S/C13H20N2O/c1-11-10-16-12(2)9-15(11)8-5-13-3-6-14-7-4-13/h3-4,6-7,11-12H,5,8-10H2,1-2H3. The van der Waals surface area contributed by atoms with Gasteiger partial charge in [-0.05, 0) is 38.0 Å². The van der Waals surface area contributed by atoms with Crippen LogP contribution in [0, 0.1) is 0 Å². The fourth-order valence-corrected chi connectivity index (χ4v) is 2.11. The van der Waals surface area contributed by atoms with Crippen molar-refractivity contribution >= 4 is 0 Å². The van der Waals surface area contributed by atoms with Crippen molar-refractivity contribution in [1.29, 1.82) is 0 Å². The summed E-state index contributed by atoms with van der Waals surface area (Å²) in [6.45, 7) is 7.40. The predicted octanol–water partition coefficient (Wildman–Crippen LogP) is 1.73. The van der Waals surface area contributed by atoms with E-state index in [9.17, 15) is 0 Å². The Balaban J connectivity index is 1.85. The summed E-state index contributed by atoms with van der Waals surface area (Å²) < 4.78 is 5.62. The molecule has 2 rings (SSSR count). The molecule has 1 fully saturated rings. The molecule has 2 unspecified atom stereocenters. The summed E-state index contributed by atoms with van der Waals surface area (Å²) in [5.41, 5.74) is 1.36. The topological polar surface area (TPSA) is 25.4 Å². The average Bonchev–Trinajstić information content (AvgIpc) is 2.32. The second-order valence-corrected chi connectivity index (χ2v) is 4.59. The number of rotatable bonds is 3. The van der Waals surface area contributed by atoms with Gasteiger partial charge in [-0.2, -0.15) is 0 Å². The highest BCUT2D eigenvalue weighted by atomic mass is 16.5. The fourth-order valence-electron chi connectivity index (χ4n) is 2.11. The third-order valence-electron chi connectivity index (χ3n) is 3.17. The molecule has 0 spiro atoms. The maximum absolute atomic E-state index is 5.62. The van der Waals surface area contributed by atoms with Gasteiger partial charge in [0.15, 0.2) is 0 Å². The fraction of sp³-hybridized carbons (Fsp3) is 0.615. The van der Waals surface area contributed by atoms with Crippen LogP contribution in [0.3, 0.4) is 0 Å². The summed E-state index contributed by atoms with van der Waals surface area (Å²) in [5.74, 6) is 0. The van der Waals surface area contributed by atoms with E-state index in [1.165, 1.54) is 5.56 Å². The zero-order valence-electron chi connectivity index (χ0n) is 10.1. The summed E-state index contributed by atoms with van der Waals surface area (Å²) in [5, 5.41) is 0. The molecule has 0 radical (unpaired) electrons. The smallest absolute Gasteiger partial charge is 0.0674 e. The molecule has 2 heterocycles. The molecule has 1 saturated heterocycles. The van der Waals surface area contributed by atoms with Gasteiger partial charge in [0.2, 0.25) is 0 Å². The number of hydrogen-bond acceptors (Lipinski definition) is 3. The first-order valence-corrected chi connectivity index (χ1v) is 6.00. The lowest BCUT2D eigenvalue weighted by Crippen LogP contribution is -2.47. The van der Waals surface area contributed by atoms with Crippen molar-refractivity contribution in [2.24, 2.45) is 0 Å². The van der Waals surface area contributed by atoms with Crippen LogP contribution in [0.5, 0.6) is 0 Å². The molecule has 3 nitrogen and oxygen atoms in total. The van der Waals surface area contributed by atoms with Crippen molar-refractivity contribution in [2.45, 2.75) is 32.4 Å². The Morgan fingerprint density at radius 2 is 2.12 bits per heavy atom. The molecular weight excluding hydrogens is 200 g/mol. The minimum atomic E-state index is 0.369. The van der Waals surface area contributed by atoms with Crippen molar-refractivity contribution < 1.29 is 4.74 Å². The Bertz CT molecular complexity index is 315. The van der Waals surface area contributed by atoms with Gasteiger partial charge in [0.1, 0.15) is 0 Å². The lowest BCUT2D eigenvalue weighted by Gasteiger charge is -2.36. The first-order valence-electron chi connectivity index (χ1n) is 6.00. The normalized spacial score (nSPS) is 26.9. The molecule has 0 aliphatic carbocycles. The van der Waals surface area contributed by atoms with Crippen LogP contribution < -0.4 is 0 Å². The van der Waals surface area contributed by atoms with Crippen LogP contribution in [-0.4, -0.2) is 41.7 Å². The largest absolute Gasteiger partial charge is 0.376 e. The van der Waals surface area contributed by atoms with Gasteiger partial charge in [0, 0.05) is 31.5 Å². The lowest BCUT2D eigenvalue weighted by atomic mass is 10.1. The van der Waals surface area contributed by atoms with E-state index in [2.05, 4.69) is 35.9 Å². The molecule has 0 aromatic carbocycles. The van der Waals surface area contributed by atoms with Crippen LogP contribution in [0.4, 0.5) is 0 Å². The minimum Gasteiger partial charge on any atom is -0.376 e. The molecule has 3 heteroatoms. The summed E-state index contributed by atoms with van der Waals surface area (Å²) in [6.07, 6.45) is 5.19. The van der Waals surface area contributed by atoms with E-state index < -0.39 is 0 Å². The molecule has 0 amide bonds.